The van der Waals surface area contributed by atoms with Gasteiger partial charge in [0.25, 0.3) is 0 Å². The molecule has 2 heteroatoms. The monoisotopic (exact) mass is 461 g/mol. The van der Waals surface area contributed by atoms with Gasteiger partial charge in [0.2, 0.25) is 0 Å². The van der Waals surface area contributed by atoms with Gasteiger partial charge in [-0.1, -0.05) is 112 Å². The highest BCUT2D eigenvalue weighted by molar-refractivity contribution is 8.00. The second-order valence-electron chi connectivity index (χ2n) is 10.3. The van der Waals surface area contributed by atoms with E-state index in [2.05, 4.69) is 41.5 Å². The quantitative estimate of drug-likeness (QED) is 0.111. The molecule has 30 heavy (non-hydrogen) atoms. The predicted molar refractivity (Wildman–Crippen MR) is 146 cm³/mol. The van der Waals surface area contributed by atoms with E-state index < -0.39 is 6.62 Å². The second kappa shape index (κ2) is 19.2. The van der Waals surface area contributed by atoms with Gasteiger partial charge in [-0.25, -0.2) is 0 Å². The van der Waals surface area contributed by atoms with Gasteiger partial charge in [0, 0.05) is 0 Å². The van der Waals surface area contributed by atoms with Gasteiger partial charge in [-0.15, -0.1) is 0 Å². The molecule has 0 spiro atoms. The van der Waals surface area contributed by atoms with E-state index in [4.69, 9.17) is 11.2 Å². The van der Waals surface area contributed by atoms with Crippen molar-refractivity contribution in [2.24, 2.45) is 5.92 Å². The molecule has 0 radical (unpaired) electrons. The summed E-state index contributed by atoms with van der Waals surface area (Å²) in [5.74, 6) is 0.723. The van der Waals surface area contributed by atoms with Crippen LogP contribution in [0.1, 0.15) is 157 Å². The van der Waals surface area contributed by atoms with Crippen molar-refractivity contribution in [2.75, 3.05) is 12.3 Å². The Bertz CT molecular complexity index is 356. The van der Waals surface area contributed by atoms with Crippen LogP contribution in [0.3, 0.4) is 0 Å². The Labute approximate surface area is 198 Å². The Hall–Kier alpha value is 0.720. The lowest BCUT2D eigenvalue weighted by atomic mass is 9.84. The van der Waals surface area contributed by atoms with E-state index in [1.54, 1.807) is 0 Å². The summed E-state index contributed by atoms with van der Waals surface area (Å²) in [6, 6.07) is 0. The summed E-state index contributed by atoms with van der Waals surface area (Å²) in [5, 5.41) is 0.423. The molecule has 182 valence electrons. The smallest absolute Gasteiger partial charge is 0.0654 e. The lowest BCUT2D eigenvalue weighted by Crippen LogP contribution is -2.38. The normalized spacial score (nSPS) is 14.4. The largest absolute Gasteiger partial charge is 0.119 e. The number of halogens is 1. The van der Waals surface area contributed by atoms with Crippen LogP contribution in [0.2, 0.25) is 0 Å². The van der Waals surface area contributed by atoms with Gasteiger partial charge in [-0.05, 0) is 51.4 Å². The highest BCUT2D eigenvalue weighted by Crippen LogP contribution is 2.78. The summed E-state index contributed by atoms with van der Waals surface area (Å²) in [5.41, 5.74) is 0. The first-order valence-electron chi connectivity index (χ1n) is 14.0. The molecule has 0 aliphatic heterocycles. The molecule has 0 amide bonds. The van der Waals surface area contributed by atoms with Crippen molar-refractivity contribution < 1.29 is 0 Å². The molecule has 1 atom stereocenters. The molecule has 1 unspecified atom stereocenters. The zero-order valence-electron chi connectivity index (χ0n) is 22.0. The fourth-order valence-electron chi connectivity index (χ4n) is 5.47. The Morgan fingerprint density at radius 1 is 0.567 bits per heavy atom. The van der Waals surface area contributed by atoms with Crippen LogP contribution < -0.4 is 0 Å². The fraction of sp³-hybridized carbons (Fsp3) is 1.00. The van der Waals surface area contributed by atoms with Crippen LogP contribution in [0.25, 0.3) is 0 Å². The molecule has 0 aromatic carbocycles. The lowest BCUT2D eigenvalue weighted by molar-refractivity contribution is 0.345. The third-order valence-corrected chi connectivity index (χ3v) is 14.5. The molecule has 0 saturated heterocycles. The highest BCUT2D eigenvalue weighted by Gasteiger charge is 2.56. The maximum Gasteiger partial charge on any atom is 0.119 e. The second-order valence-corrected chi connectivity index (χ2v) is 15.9. The van der Waals surface area contributed by atoms with Crippen molar-refractivity contribution >= 4 is 17.9 Å². The minimum Gasteiger partial charge on any atom is -0.0654 e. The van der Waals surface area contributed by atoms with Gasteiger partial charge in [0.05, 0.1) is 28.7 Å². The molecule has 0 nitrogen and oxygen atoms in total. The van der Waals surface area contributed by atoms with Crippen molar-refractivity contribution in [1.29, 1.82) is 0 Å². The molecular weight excluding hydrogens is 403 g/mol. The number of rotatable bonds is 22. The van der Waals surface area contributed by atoms with E-state index in [0.29, 0.717) is 5.16 Å². The van der Waals surface area contributed by atoms with Crippen LogP contribution in [-0.4, -0.2) is 17.5 Å². The zero-order valence-corrected chi connectivity index (χ0v) is 23.7. The van der Waals surface area contributed by atoms with Crippen molar-refractivity contribution in [3.8, 4) is 0 Å². The Kier molecular flexibility index (Phi) is 19.7. The van der Waals surface area contributed by atoms with Gasteiger partial charge in [0.15, 0.2) is 0 Å². The highest BCUT2D eigenvalue weighted by atomic mass is 35.7. The van der Waals surface area contributed by atoms with Crippen LogP contribution in [-0.2, 0) is 0 Å². The summed E-state index contributed by atoms with van der Waals surface area (Å²) in [6.07, 6.45) is 27.7. The fourth-order valence-corrected chi connectivity index (χ4v) is 11.1. The van der Waals surface area contributed by atoms with Crippen molar-refractivity contribution in [1.82, 2.24) is 0 Å². The molecular formula is C28H59ClP+. The Balaban J connectivity index is 5.00. The van der Waals surface area contributed by atoms with Crippen molar-refractivity contribution in [2.45, 2.75) is 162 Å². The zero-order chi connectivity index (χ0) is 22.7. The third-order valence-electron chi connectivity index (χ3n) is 7.67. The maximum absolute atomic E-state index is 7.76. The average molecular weight is 462 g/mol. The number of hydrogen-bond acceptors (Lipinski definition) is 0. The molecule has 0 bridgehead atoms. The molecule has 0 aliphatic carbocycles. The van der Waals surface area contributed by atoms with Crippen LogP contribution >= 0.6 is 17.9 Å². The van der Waals surface area contributed by atoms with Crippen molar-refractivity contribution in [3.05, 3.63) is 0 Å². The van der Waals surface area contributed by atoms with Gasteiger partial charge in [-0.3, -0.25) is 0 Å². The minimum atomic E-state index is -1.44. The van der Waals surface area contributed by atoms with Crippen LogP contribution in [0.4, 0.5) is 0 Å². The van der Waals surface area contributed by atoms with E-state index >= 15 is 0 Å². The van der Waals surface area contributed by atoms with E-state index in [9.17, 15) is 0 Å². The number of unbranched alkanes of at least 4 members (excludes halogenated alkanes) is 13. The topological polar surface area (TPSA) is 0 Å². The summed E-state index contributed by atoms with van der Waals surface area (Å²) in [6.45, 7) is 12.9. The van der Waals surface area contributed by atoms with Crippen LogP contribution in [0.15, 0.2) is 0 Å². The van der Waals surface area contributed by atoms with Gasteiger partial charge in [0.1, 0.15) is 6.62 Å². The molecule has 0 saturated carbocycles. The summed E-state index contributed by atoms with van der Waals surface area (Å²) in [4.78, 5) is 0. The third kappa shape index (κ3) is 11.5. The molecule has 0 heterocycles. The average Bonchev–Trinajstić information content (AvgIpc) is 2.74. The summed E-state index contributed by atoms with van der Waals surface area (Å²) in [7, 11) is 0. The van der Waals surface area contributed by atoms with Gasteiger partial charge in [-0.2, -0.15) is 0 Å². The standard InChI is InChI=1S/C28H59ClP/c1-7-11-14-17-18-19-20-23-26-30(29,10-4)28(27(5)6,24-21-15-12-8-2)25-22-16-13-9-3/h27H,7-26H2,1-6H3/q+1. The maximum atomic E-state index is 7.76. The predicted octanol–water partition coefficient (Wildman–Crippen LogP) is 11.7. The first kappa shape index (κ1) is 30.7. The van der Waals surface area contributed by atoms with Crippen molar-refractivity contribution in [3.63, 3.8) is 0 Å². The molecule has 0 aromatic rings. The lowest BCUT2D eigenvalue weighted by Gasteiger charge is -2.44. The van der Waals surface area contributed by atoms with Crippen LogP contribution in [0, 0.1) is 5.92 Å². The minimum absolute atomic E-state index is 0.423. The first-order chi connectivity index (χ1) is 14.4. The summed E-state index contributed by atoms with van der Waals surface area (Å²) >= 11 is 7.76. The number of hydrogen-bond donors (Lipinski definition) is 0. The van der Waals surface area contributed by atoms with E-state index in [1.807, 2.05) is 0 Å². The van der Waals surface area contributed by atoms with Gasteiger partial charge < -0.3 is 0 Å². The summed E-state index contributed by atoms with van der Waals surface area (Å²) < 4.78 is 0. The van der Waals surface area contributed by atoms with E-state index in [1.165, 1.54) is 128 Å². The first-order valence-corrected chi connectivity index (χ1v) is 17.1. The molecule has 0 fully saturated rings. The molecule has 0 N–H and O–H groups in total. The van der Waals surface area contributed by atoms with Crippen LogP contribution in [0.5, 0.6) is 0 Å². The molecule has 0 aromatic heterocycles. The SMILES string of the molecule is CCCCCCCCCC[P+](Cl)(CC)C(CCCCCC)(CCCCCC)C(C)C. The molecule has 0 aliphatic rings. The van der Waals surface area contributed by atoms with E-state index in [-0.39, 0.29) is 0 Å². The van der Waals surface area contributed by atoms with Gasteiger partial charge >= 0.3 is 0 Å². The Morgan fingerprint density at radius 2 is 0.933 bits per heavy atom. The molecule has 0 rings (SSSR count). The van der Waals surface area contributed by atoms with E-state index in [0.717, 1.165) is 5.92 Å². The Morgan fingerprint density at radius 3 is 1.30 bits per heavy atom.